The lowest BCUT2D eigenvalue weighted by Gasteiger charge is -2.42. The Morgan fingerprint density at radius 2 is 1.83 bits per heavy atom. The van der Waals surface area contributed by atoms with Gasteiger partial charge in [-0.1, -0.05) is 19.6 Å². The van der Waals surface area contributed by atoms with Gasteiger partial charge < -0.3 is 20.4 Å². The van der Waals surface area contributed by atoms with Crippen LogP contribution in [0.2, 0.25) is 0 Å². The lowest BCUT2D eigenvalue weighted by molar-refractivity contribution is -0.145. The van der Waals surface area contributed by atoms with Gasteiger partial charge in [0.05, 0.1) is 23.4 Å². The van der Waals surface area contributed by atoms with Gasteiger partial charge in [-0.25, -0.2) is 0 Å². The second-order valence-corrected chi connectivity index (χ2v) is 12.4. The van der Waals surface area contributed by atoms with Crippen molar-refractivity contribution < 1.29 is 19.2 Å². The highest BCUT2D eigenvalue weighted by Gasteiger charge is 2.45. The Morgan fingerprint density at radius 1 is 1.10 bits per heavy atom. The number of allylic oxidation sites excluding steroid dienone is 1. The zero-order valence-corrected chi connectivity index (χ0v) is 24.4. The van der Waals surface area contributed by atoms with Crippen LogP contribution in [0.4, 0.5) is 5.69 Å². The summed E-state index contributed by atoms with van der Waals surface area (Å²) in [6, 6.07) is 4.52. The fourth-order valence-corrected chi connectivity index (χ4v) is 6.65. The molecule has 1 unspecified atom stereocenters. The minimum Gasteiger partial charge on any atom is -0.380 e. The average molecular weight is 574 g/mol. The number of carbonyl (C=O) groups excluding carboxylic acids is 4. The van der Waals surface area contributed by atoms with Crippen LogP contribution in [0.3, 0.4) is 0 Å². The maximum atomic E-state index is 13.4. The third-order valence-corrected chi connectivity index (χ3v) is 9.45. The van der Waals surface area contributed by atoms with E-state index in [1.165, 1.54) is 0 Å². The van der Waals surface area contributed by atoms with E-state index in [2.05, 4.69) is 41.2 Å². The molecule has 11 heteroatoms. The van der Waals surface area contributed by atoms with Crippen LogP contribution in [0.5, 0.6) is 0 Å². The van der Waals surface area contributed by atoms with Gasteiger partial charge in [-0.2, -0.15) is 5.10 Å². The Balaban J connectivity index is 1.07. The lowest BCUT2D eigenvalue weighted by atomic mass is 9.78. The third kappa shape index (κ3) is 5.10. The molecule has 3 saturated heterocycles. The first-order chi connectivity index (χ1) is 20.1. The number of imide groups is 1. The number of nitrogens with one attached hydrogen (secondary N) is 2. The molecule has 0 radical (unpaired) electrons. The van der Waals surface area contributed by atoms with Crippen molar-refractivity contribution in [1.29, 1.82) is 0 Å². The van der Waals surface area contributed by atoms with Crippen LogP contribution in [0, 0.1) is 5.41 Å². The largest absolute Gasteiger partial charge is 0.380 e. The van der Waals surface area contributed by atoms with Gasteiger partial charge in [-0.05, 0) is 70.8 Å². The summed E-state index contributed by atoms with van der Waals surface area (Å²) in [6.45, 7) is 9.72. The Kier molecular flexibility index (Phi) is 7.38. The highest BCUT2D eigenvalue weighted by molar-refractivity contribution is 6.25. The summed E-state index contributed by atoms with van der Waals surface area (Å²) in [6.07, 6.45) is 8.24. The van der Waals surface area contributed by atoms with Crippen LogP contribution in [-0.4, -0.2) is 87.4 Å². The first kappa shape index (κ1) is 28.1. The first-order valence-corrected chi connectivity index (χ1v) is 14.9. The summed E-state index contributed by atoms with van der Waals surface area (Å²) in [4.78, 5) is 57.8. The number of hydrogen-bond donors (Lipinski definition) is 2. The first-order valence-electron chi connectivity index (χ1n) is 14.9. The Bertz CT molecular complexity index is 1430. The van der Waals surface area contributed by atoms with Crippen molar-refractivity contribution in [3.8, 4) is 0 Å². The van der Waals surface area contributed by atoms with Crippen molar-refractivity contribution in [1.82, 2.24) is 29.8 Å². The van der Waals surface area contributed by atoms with Crippen molar-refractivity contribution in [2.75, 3.05) is 38.5 Å². The van der Waals surface area contributed by atoms with Crippen LogP contribution >= 0.6 is 0 Å². The molecule has 6 rings (SSSR count). The Labute approximate surface area is 245 Å². The number of rotatable bonds is 6. The number of likely N-dealkylation sites (tertiary alicyclic amines) is 2. The molecular formula is C31H39N7O4. The van der Waals surface area contributed by atoms with Gasteiger partial charge >= 0.3 is 0 Å². The van der Waals surface area contributed by atoms with E-state index < -0.39 is 17.9 Å². The van der Waals surface area contributed by atoms with Gasteiger partial charge in [0.25, 0.3) is 11.8 Å². The predicted octanol–water partition coefficient (Wildman–Crippen LogP) is 2.78. The van der Waals surface area contributed by atoms with Gasteiger partial charge in [0.2, 0.25) is 11.8 Å². The zero-order valence-electron chi connectivity index (χ0n) is 24.4. The van der Waals surface area contributed by atoms with Gasteiger partial charge in [0.15, 0.2) is 0 Å². The molecule has 0 spiro atoms. The Morgan fingerprint density at radius 3 is 2.55 bits per heavy atom. The van der Waals surface area contributed by atoms with E-state index in [1.54, 1.807) is 18.2 Å². The number of amides is 4. The van der Waals surface area contributed by atoms with Crippen LogP contribution in [0.1, 0.15) is 77.8 Å². The molecule has 4 aliphatic heterocycles. The molecule has 5 heterocycles. The van der Waals surface area contributed by atoms with Crippen molar-refractivity contribution in [2.45, 2.75) is 64.1 Å². The van der Waals surface area contributed by atoms with Gasteiger partial charge in [0, 0.05) is 48.2 Å². The van der Waals surface area contributed by atoms with Gasteiger partial charge in [0.1, 0.15) is 6.04 Å². The minimum absolute atomic E-state index is 0.222. The molecule has 2 aromatic rings. The fraction of sp³-hybridized carbons (Fsp3) is 0.516. The van der Waals surface area contributed by atoms with E-state index in [4.69, 9.17) is 0 Å². The summed E-state index contributed by atoms with van der Waals surface area (Å²) in [5.74, 6) is -1.00. The fourth-order valence-electron chi connectivity index (χ4n) is 6.65. The van der Waals surface area contributed by atoms with Crippen molar-refractivity contribution in [3.05, 3.63) is 59.6 Å². The molecule has 1 aromatic heterocycles. The molecule has 1 atom stereocenters. The topological polar surface area (TPSA) is 120 Å². The van der Waals surface area contributed by atoms with Crippen LogP contribution in [-0.2, 0) is 16.1 Å². The van der Waals surface area contributed by atoms with Crippen molar-refractivity contribution >= 4 is 29.3 Å². The van der Waals surface area contributed by atoms with Crippen LogP contribution in [0.15, 0.2) is 42.9 Å². The van der Waals surface area contributed by atoms with Crippen LogP contribution < -0.4 is 10.6 Å². The standard InChI is InChI=1S/C31H39N7O4/c1-20-7-8-25(27(39)34-20)38-28(40)23-5-4-6-24(26(23)29(38)41)32-17-21-18-33-37(19-21)22-9-13-36(14-10-22)30(42)31(2)11-15-35(3)16-12-31/h4-6,18-19,22,25,32H,1,7-17H2,2-3H3,(H,34,39). The Hall–Kier alpha value is -3.99. The van der Waals surface area contributed by atoms with E-state index in [9.17, 15) is 19.2 Å². The second kappa shape index (κ2) is 11.0. The highest BCUT2D eigenvalue weighted by atomic mass is 16.2. The monoisotopic (exact) mass is 573 g/mol. The molecule has 1 aromatic carbocycles. The van der Waals surface area contributed by atoms with E-state index in [0.717, 1.165) is 62.3 Å². The molecule has 0 saturated carbocycles. The molecular weight excluding hydrogens is 534 g/mol. The maximum Gasteiger partial charge on any atom is 0.264 e. The van der Waals surface area contributed by atoms with E-state index in [0.29, 0.717) is 41.9 Å². The van der Waals surface area contributed by atoms with E-state index >= 15 is 0 Å². The highest BCUT2D eigenvalue weighted by Crippen LogP contribution is 2.35. The van der Waals surface area contributed by atoms with E-state index in [1.807, 2.05) is 22.0 Å². The number of fused-ring (bicyclic) bond motifs is 1. The number of carbonyl (C=O) groups is 4. The molecule has 3 fully saturated rings. The number of piperidine rings is 3. The molecule has 42 heavy (non-hydrogen) atoms. The van der Waals surface area contributed by atoms with Crippen molar-refractivity contribution in [3.63, 3.8) is 0 Å². The SMILES string of the molecule is C=C1CCC(N2C(=O)c3cccc(NCc4cnn(C5CCN(C(=O)C6(C)CCN(C)CC6)CC5)c4)c3C2=O)C(=O)N1. The molecule has 4 amide bonds. The predicted molar refractivity (Wildman–Crippen MR) is 156 cm³/mol. The lowest BCUT2D eigenvalue weighted by Crippen LogP contribution is -2.51. The zero-order chi connectivity index (χ0) is 29.6. The number of hydrogen-bond acceptors (Lipinski definition) is 7. The summed E-state index contributed by atoms with van der Waals surface area (Å²) in [5, 5.41) is 10.6. The third-order valence-electron chi connectivity index (χ3n) is 9.45. The van der Waals surface area contributed by atoms with Gasteiger partial charge in [-0.15, -0.1) is 0 Å². The molecule has 0 aliphatic carbocycles. The molecule has 222 valence electrons. The number of anilines is 1. The summed E-state index contributed by atoms with van der Waals surface area (Å²) in [5.41, 5.74) is 2.43. The second-order valence-electron chi connectivity index (χ2n) is 12.4. The summed E-state index contributed by atoms with van der Waals surface area (Å²) < 4.78 is 1.98. The molecule has 11 nitrogen and oxygen atoms in total. The normalized spacial score (nSPS) is 23.2. The quantitative estimate of drug-likeness (QED) is 0.510. The summed E-state index contributed by atoms with van der Waals surface area (Å²) >= 11 is 0. The maximum absolute atomic E-state index is 13.4. The number of benzene rings is 1. The van der Waals surface area contributed by atoms with Gasteiger partial charge in [-0.3, -0.25) is 28.8 Å². The summed E-state index contributed by atoms with van der Waals surface area (Å²) in [7, 11) is 2.11. The number of nitrogens with zero attached hydrogens (tertiary/aromatic N) is 5. The molecule has 4 aliphatic rings. The minimum atomic E-state index is -0.845. The molecule has 2 N–H and O–H groups in total. The molecule has 0 bridgehead atoms. The van der Waals surface area contributed by atoms with Crippen LogP contribution in [0.25, 0.3) is 0 Å². The average Bonchev–Trinajstić information content (AvgIpc) is 3.56. The smallest absolute Gasteiger partial charge is 0.264 e. The van der Waals surface area contributed by atoms with Crippen molar-refractivity contribution in [2.24, 2.45) is 5.41 Å². The van der Waals surface area contributed by atoms with E-state index in [-0.39, 0.29) is 23.3 Å². The number of aromatic nitrogens is 2.